The second-order valence-corrected chi connectivity index (χ2v) is 11.4. The summed E-state index contributed by atoms with van der Waals surface area (Å²) in [5, 5.41) is 22.1. The van der Waals surface area contributed by atoms with Gasteiger partial charge in [-0.15, -0.1) is 0 Å². The van der Waals surface area contributed by atoms with Crippen LogP contribution in [0.2, 0.25) is 0 Å². The van der Waals surface area contributed by atoms with Gasteiger partial charge in [0.05, 0.1) is 38.4 Å². The van der Waals surface area contributed by atoms with E-state index in [1.165, 1.54) is 44.0 Å². The number of esters is 2. The van der Waals surface area contributed by atoms with E-state index in [4.69, 9.17) is 0 Å². The van der Waals surface area contributed by atoms with Crippen molar-refractivity contribution in [3.8, 4) is 11.5 Å². The van der Waals surface area contributed by atoms with Crippen LogP contribution in [0.1, 0.15) is 43.0 Å². The Balaban J connectivity index is 0.000000169. The van der Waals surface area contributed by atoms with Gasteiger partial charge in [0.2, 0.25) is 11.8 Å². The molecule has 3 N–H and O–H groups in total. The molecule has 0 fully saturated rings. The van der Waals surface area contributed by atoms with Gasteiger partial charge in [-0.25, -0.2) is 9.59 Å². The number of hydrogen-bond acceptors (Lipinski definition) is 8. The number of fused-ring (bicyclic) bond motifs is 2. The number of rotatable bonds is 3. The summed E-state index contributed by atoms with van der Waals surface area (Å²) in [5.41, 5.74) is 6.98. The Labute approximate surface area is 273 Å². The highest BCUT2D eigenvalue weighted by Gasteiger charge is 2.30. The maximum absolute atomic E-state index is 12.3. The van der Waals surface area contributed by atoms with Crippen molar-refractivity contribution in [1.29, 1.82) is 0 Å². The zero-order valence-electron chi connectivity index (χ0n) is 25.0. The lowest BCUT2D eigenvalue weighted by Crippen LogP contribution is -2.20. The third-order valence-electron chi connectivity index (χ3n) is 7.24. The number of carbonyl (C=O) groups excluding carboxylic acids is 4. The number of phenolic OH excluding ortho intramolecular Hbond substituents is 2. The lowest BCUT2D eigenvalue weighted by molar-refractivity contribution is -0.117. The van der Waals surface area contributed by atoms with Gasteiger partial charge in [-0.2, -0.15) is 0 Å². The number of phenols is 2. The maximum Gasteiger partial charge on any atom is 0.341 e. The molecule has 0 radical (unpaired) electrons. The van der Waals surface area contributed by atoms with Gasteiger partial charge in [0.1, 0.15) is 22.6 Å². The summed E-state index contributed by atoms with van der Waals surface area (Å²) < 4.78 is 9.92. The summed E-state index contributed by atoms with van der Waals surface area (Å²) >= 11 is 2.05. The van der Waals surface area contributed by atoms with E-state index < -0.39 is 11.9 Å². The van der Waals surface area contributed by atoms with E-state index >= 15 is 0 Å². The quantitative estimate of drug-likeness (QED) is 0.173. The van der Waals surface area contributed by atoms with Crippen LogP contribution in [0, 0.1) is 17.4 Å². The molecule has 0 spiro atoms. The highest BCUT2D eigenvalue weighted by atomic mass is 127. The van der Waals surface area contributed by atoms with E-state index in [2.05, 4.69) is 14.8 Å². The van der Waals surface area contributed by atoms with Crippen molar-refractivity contribution in [1.82, 2.24) is 0 Å². The van der Waals surface area contributed by atoms with Gasteiger partial charge in [-0.1, -0.05) is 24.3 Å². The molecule has 45 heavy (non-hydrogen) atoms. The van der Waals surface area contributed by atoms with Crippen LogP contribution in [0.3, 0.4) is 0 Å². The van der Waals surface area contributed by atoms with Crippen molar-refractivity contribution < 1.29 is 38.9 Å². The normalized spacial score (nSPS) is 12.5. The first-order valence-electron chi connectivity index (χ1n) is 13.7. The number of nitrogens with zero attached hydrogens (tertiary/aromatic N) is 1. The van der Waals surface area contributed by atoms with Crippen LogP contribution in [0.4, 0.5) is 17.1 Å². The summed E-state index contributed by atoms with van der Waals surface area (Å²) in [4.78, 5) is 47.3. The number of amides is 2. The summed E-state index contributed by atoms with van der Waals surface area (Å²) in [7, 11) is 2.53. The number of anilines is 3. The molecular weight excluding hydrogens is 691 g/mol. The van der Waals surface area contributed by atoms with E-state index in [0.29, 0.717) is 18.5 Å². The number of hydrogen-bond donors (Lipinski definition) is 3. The van der Waals surface area contributed by atoms with Gasteiger partial charge < -0.3 is 25.0 Å². The van der Waals surface area contributed by atoms with Crippen LogP contribution in [0.5, 0.6) is 11.5 Å². The van der Waals surface area contributed by atoms with Crippen LogP contribution in [-0.4, -0.2) is 48.2 Å². The molecule has 2 amide bonds. The topological polar surface area (TPSA) is 142 Å². The van der Waals surface area contributed by atoms with E-state index in [1.807, 2.05) is 72.8 Å². The Kier molecular flexibility index (Phi) is 10.4. The first-order valence-corrected chi connectivity index (χ1v) is 14.8. The number of methoxy groups -OCH3 is 2. The molecule has 2 aliphatic heterocycles. The minimum absolute atomic E-state index is 0.0475. The SMILES string of the molecule is COC(=O)c1ccc(I)cc1O.COC(=O)c1ccc(N2C(=O)Cc3c(C)cccc32)cc1O.Cc1cccc2c1CC(=O)N2. The molecule has 0 unspecified atom stereocenters. The number of aromatic hydroxyl groups is 2. The monoisotopic (exact) mass is 722 g/mol. The molecule has 232 valence electrons. The zero-order chi connectivity index (χ0) is 32.8. The predicted octanol–water partition coefficient (Wildman–Crippen LogP) is 5.98. The van der Waals surface area contributed by atoms with Gasteiger partial charge in [0.15, 0.2) is 0 Å². The Morgan fingerprint density at radius 3 is 1.93 bits per heavy atom. The fourth-order valence-electron chi connectivity index (χ4n) is 4.91. The summed E-state index contributed by atoms with van der Waals surface area (Å²) in [6, 6.07) is 20.9. The Morgan fingerprint density at radius 2 is 1.36 bits per heavy atom. The van der Waals surface area contributed by atoms with Crippen molar-refractivity contribution in [2.45, 2.75) is 26.7 Å². The molecule has 0 aromatic heterocycles. The molecule has 2 aliphatic rings. The average molecular weight is 723 g/mol. The van der Waals surface area contributed by atoms with Gasteiger partial charge in [0.25, 0.3) is 0 Å². The fourth-order valence-corrected chi connectivity index (χ4v) is 5.39. The molecule has 4 aromatic carbocycles. The summed E-state index contributed by atoms with van der Waals surface area (Å²) in [6.45, 7) is 3.99. The Hall–Kier alpha value is -4.91. The second-order valence-electron chi connectivity index (χ2n) is 10.2. The van der Waals surface area contributed by atoms with E-state index in [9.17, 15) is 29.4 Å². The van der Waals surface area contributed by atoms with Gasteiger partial charge in [0, 0.05) is 15.3 Å². The first kappa shape index (κ1) is 33.0. The van der Waals surface area contributed by atoms with Gasteiger partial charge in [-0.05, 0) is 101 Å². The molecule has 0 aliphatic carbocycles. The fraction of sp³-hybridized carbons (Fsp3) is 0.176. The second kappa shape index (κ2) is 14.2. The lowest BCUT2D eigenvalue weighted by Gasteiger charge is -2.18. The minimum atomic E-state index is -0.618. The number of aryl methyl sites for hydroxylation is 2. The Bertz CT molecular complexity index is 1800. The molecule has 11 heteroatoms. The number of halogens is 1. The number of benzene rings is 4. The minimum Gasteiger partial charge on any atom is -0.507 e. The van der Waals surface area contributed by atoms with Gasteiger partial charge in [-0.3, -0.25) is 14.5 Å². The van der Waals surface area contributed by atoms with Crippen LogP contribution in [-0.2, 0) is 31.9 Å². The largest absolute Gasteiger partial charge is 0.507 e. The zero-order valence-corrected chi connectivity index (χ0v) is 27.2. The van der Waals surface area contributed by atoms with E-state index in [1.54, 1.807) is 17.0 Å². The predicted molar refractivity (Wildman–Crippen MR) is 177 cm³/mol. The molecule has 0 bridgehead atoms. The van der Waals surface area contributed by atoms with Crippen LogP contribution in [0.25, 0.3) is 0 Å². The number of nitrogens with one attached hydrogen (secondary N) is 1. The van der Waals surface area contributed by atoms with E-state index in [-0.39, 0.29) is 34.4 Å². The molecule has 0 atom stereocenters. The van der Waals surface area contributed by atoms with Crippen LogP contribution >= 0.6 is 22.6 Å². The first-order chi connectivity index (χ1) is 21.4. The lowest BCUT2D eigenvalue weighted by atomic mass is 10.1. The third kappa shape index (κ3) is 7.43. The summed E-state index contributed by atoms with van der Waals surface area (Å²) in [5.74, 6) is -1.35. The number of carbonyl (C=O) groups is 4. The molecule has 6 rings (SSSR count). The highest BCUT2D eigenvalue weighted by Crippen LogP contribution is 2.38. The van der Waals surface area contributed by atoms with Crippen molar-refractivity contribution in [2.75, 3.05) is 24.4 Å². The molecule has 0 saturated carbocycles. The van der Waals surface area contributed by atoms with E-state index in [0.717, 1.165) is 31.6 Å². The third-order valence-corrected chi connectivity index (χ3v) is 7.91. The molecule has 2 heterocycles. The van der Waals surface area contributed by atoms with Crippen molar-refractivity contribution >= 4 is 63.4 Å². The maximum atomic E-state index is 12.3. The van der Waals surface area contributed by atoms with Crippen LogP contribution in [0.15, 0.2) is 72.8 Å². The molecule has 4 aromatic rings. The smallest absolute Gasteiger partial charge is 0.341 e. The van der Waals surface area contributed by atoms with Crippen LogP contribution < -0.4 is 10.2 Å². The highest BCUT2D eigenvalue weighted by molar-refractivity contribution is 14.1. The van der Waals surface area contributed by atoms with Crippen molar-refractivity contribution in [3.63, 3.8) is 0 Å². The standard InChI is InChI=1S/C17H15NO4.C9H9NO.C8H7IO3/c1-10-4-3-5-14-13(10)9-16(20)18(14)11-6-7-12(15(19)8-11)17(21)22-2;1-6-3-2-4-8-7(6)5-9(11)10-8;1-12-8(11)6-3-2-5(9)4-7(6)10/h3-8,19H,9H2,1-2H3;2-4H,5H2,1H3,(H,10,11);2-4,10H,1H3. The van der Waals surface area contributed by atoms with Crippen molar-refractivity contribution in [2.24, 2.45) is 0 Å². The molecule has 0 saturated heterocycles. The van der Waals surface area contributed by atoms with Crippen molar-refractivity contribution in [3.05, 3.63) is 110 Å². The Morgan fingerprint density at radius 1 is 0.778 bits per heavy atom. The summed E-state index contributed by atoms with van der Waals surface area (Å²) in [6.07, 6.45) is 0.879. The average Bonchev–Trinajstić information content (AvgIpc) is 3.57. The number of ether oxygens (including phenoxy) is 2. The van der Waals surface area contributed by atoms with Gasteiger partial charge >= 0.3 is 11.9 Å². The molecular formula is C34H31IN2O8. The molecule has 10 nitrogen and oxygen atoms in total.